The summed E-state index contributed by atoms with van der Waals surface area (Å²) in [7, 11) is 1.63. The van der Waals surface area contributed by atoms with Gasteiger partial charge in [0.2, 0.25) is 23.8 Å². The summed E-state index contributed by atoms with van der Waals surface area (Å²) in [4.78, 5) is 22.6. The van der Waals surface area contributed by atoms with Crippen LogP contribution in [0.4, 0.5) is 5.13 Å². The molecule has 1 aromatic carbocycles. The van der Waals surface area contributed by atoms with E-state index in [4.69, 9.17) is 9.47 Å². The predicted molar refractivity (Wildman–Crippen MR) is 125 cm³/mol. The lowest BCUT2D eigenvalue weighted by molar-refractivity contribution is -0.119. The molecule has 1 atom stereocenters. The molecule has 0 bridgehead atoms. The molecule has 174 valence electrons. The fourth-order valence-corrected chi connectivity index (χ4v) is 4.11. The van der Waals surface area contributed by atoms with Gasteiger partial charge in [0.05, 0.1) is 12.6 Å². The molecule has 2 N–H and O–H groups in total. The highest BCUT2D eigenvalue weighted by Crippen LogP contribution is 2.20. The maximum atomic E-state index is 12.1. The zero-order valence-corrected chi connectivity index (χ0v) is 19.2. The fraction of sp³-hybridized carbons (Fsp3) is 0.364. The molecule has 3 aromatic rings. The number of amides is 1. The van der Waals surface area contributed by atoms with Gasteiger partial charge in [0.1, 0.15) is 12.6 Å². The van der Waals surface area contributed by atoms with Crippen molar-refractivity contribution in [3.63, 3.8) is 0 Å². The van der Waals surface area contributed by atoms with Crippen molar-refractivity contribution in [3.8, 4) is 5.95 Å². The highest BCUT2D eigenvalue weighted by atomic mass is 32.1. The molecular formula is C22H27N7O3S. The van der Waals surface area contributed by atoms with Gasteiger partial charge in [-0.15, -0.1) is 0 Å². The van der Waals surface area contributed by atoms with Gasteiger partial charge in [0, 0.05) is 37.5 Å². The Balaban J connectivity index is 1.36. The first-order valence-electron chi connectivity index (χ1n) is 10.7. The van der Waals surface area contributed by atoms with Crippen molar-refractivity contribution < 1.29 is 14.3 Å². The quantitative estimate of drug-likeness (QED) is 0.386. The van der Waals surface area contributed by atoms with Crippen LogP contribution >= 0.6 is 11.5 Å². The first kappa shape index (κ1) is 22.7. The van der Waals surface area contributed by atoms with Gasteiger partial charge in [0.15, 0.2) is 5.76 Å². The second kappa shape index (κ2) is 11.4. The van der Waals surface area contributed by atoms with Crippen LogP contribution in [-0.4, -0.2) is 64.3 Å². The van der Waals surface area contributed by atoms with Gasteiger partial charge in [-0.2, -0.15) is 9.36 Å². The van der Waals surface area contributed by atoms with Gasteiger partial charge in [-0.3, -0.25) is 9.36 Å². The van der Waals surface area contributed by atoms with Gasteiger partial charge in [-0.05, 0) is 24.9 Å². The summed E-state index contributed by atoms with van der Waals surface area (Å²) >= 11 is 1.27. The van der Waals surface area contributed by atoms with Crippen molar-refractivity contribution in [2.45, 2.75) is 18.9 Å². The van der Waals surface area contributed by atoms with E-state index in [9.17, 15) is 4.79 Å². The number of hydrogen-bond acceptors (Lipinski definition) is 9. The summed E-state index contributed by atoms with van der Waals surface area (Å²) in [6.45, 7) is 1.84. The van der Waals surface area contributed by atoms with Gasteiger partial charge < -0.3 is 25.0 Å². The van der Waals surface area contributed by atoms with Gasteiger partial charge in [0.25, 0.3) is 0 Å². The van der Waals surface area contributed by atoms with Crippen molar-refractivity contribution in [2.75, 3.05) is 38.4 Å². The summed E-state index contributed by atoms with van der Waals surface area (Å²) in [6.07, 6.45) is 8.38. The van der Waals surface area contributed by atoms with Crippen LogP contribution in [-0.2, 0) is 20.7 Å². The fourth-order valence-electron chi connectivity index (χ4n) is 3.42. The smallest absolute Gasteiger partial charge is 0.248 e. The minimum atomic E-state index is -0.0778. The standard InChI is InChI=1S/C22H27N7O3S/c1-23-20(30)13-28(22-26-21(27-33-22)29-11-9-24-15-29)10-5-8-25-18(19-14-31-16-32-19)12-17-6-3-2-4-7-17/h2-4,6-7,9,11,14-15,18,25H,5,8,10,12-13,16H2,1H3,(H,23,30). The largest absolute Gasteiger partial charge is 0.462 e. The number of ether oxygens (including phenoxy) is 2. The highest BCUT2D eigenvalue weighted by molar-refractivity contribution is 7.09. The normalized spacial score (nSPS) is 13.7. The molecule has 0 spiro atoms. The Morgan fingerprint density at radius 1 is 1.33 bits per heavy atom. The molecule has 4 rings (SSSR count). The number of anilines is 1. The molecule has 0 radical (unpaired) electrons. The van der Waals surface area contributed by atoms with Gasteiger partial charge in [-0.25, -0.2) is 4.98 Å². The van der Waals surface area contributed by atoms with Crippen LogP contribution in [0.3, 0.4) is 0 Å². The van der Waals surface area contributed by atoms with Crippen LogP contribution in [0.1, 0.15) is 12.0 Å². The van der Waals surface area contributed by atoms with E-state index in [1.54, 1.807) is 36.6 Å². The van der Waals surface area contributed by atoms with Crippen LogP contribution in [0.5, 0.6) is 0 Å². The second-order valence-electron chi connectivity index (χ2n) is 7.44. The summed E-state index contributed by atoms with van der Waals surface area (Å²) in [5.74, 6) is 1.27. The lowest BCUT2D eigenvalue weighted by atomic mass is 10.0. The van der Waals surface area contributed by atoms with E-state index in [0.29, 0.717) is 17.6 Å². The van der Waals surface area contributed by atoms with E-state index in [1.165, 1.54) is 17.1 Å². The van der Waals surface area contributed by atoms with Crippen molar-refractivity contribution in [1.82, 2.24) is 29.5 Å². The van der Waals surface area contributed by atoms with E-state index in [2.05, 4.69) is 37.1 Å². The molecule has 10 nitrogen and oxygen atoms in total. The second-order valence-corrected chi connectivity index (χ2v) is 8.17. The van der Waals surface area contributed by atoms with E-state index in [-0.39, 0.29) is 25.3 Å². The molecule has 11 heteroatoms. The number of nitrogens with zero attached hydrogens (tertiary/aromatic N) is 5. The SMILES string of the molecule is CNC(=O)CN(CCCNC(Cc1ccccc1)C1=COCO1)c1nc(-n2ccnc2)ns1. The molecule has 2 aromatic heterocycles. The molecule has 1 aliphatic rings. The van der Waals surface area contributed by atoms with Crippen LogP contribution in [0.2, 0.25) is 0 Å². The number of aromatic nitrogens is 4. The van der Waals surface area contributed by atoms with Crippen molar-refractivity contribution in [1.29, 1.82) is 0 Å². The van der Waals surface area contributed by atoms with E-state index in [1.807, 2.05) is 23.1 Å². The lowest BCUT2D eigenvalue weighted by Crippen LogP contribution is -2.39. The summed E-state index contributed by atoms with van der Waals surface area (Å²) in [5, 5.41) is 6.94. The topological polar surface area (TPSA) is 106 Å². The number of hydrogen-bond donors (Lipinski definition) is 2. The van der Waals surface area contributed by atoms with Crippen molar-refractivity contribution >= 4 is 22.6 Å². The Morgan fingerprint density at radius 2 is 2.21 bits per heavy atom. The molecule has 0 aliphatic carbocycles. The van der Waals surface area contributed by atoms with Crippen LogP contribution < -0.4 is 15.5 Å². The van der Waals surface area contributed by atoms with Crippen molar-refractivity contribution in [3.05, 3.63) is 66.6 Å². The van der Waals surface area contributed by atoms with Crippen molar-refractivity contribution in [2.24, 2.45) is 0 Å². The summed E-state index contributed by atoms with van der Waals surface area (Å²) < 4.78 is 17.0. The number of imidazole rings is 1. The summed E-state index contributed by atoms with van der Waals surface area (Å²) in [5.41, 5.74) is 1.22. The van der Waals surface area contributed by atoms with Gasteiger partial charge >= 0.3 is 0 Å². The van der Waals surface area contributed by atoms with E-state index in [0.717, 1.165) is 25.1 Å². The lowest BCUT2D eigenvalue weighted by Gasteiger charge is -2.22. The van der Waals surface area contributed by atoms with Crippen LogP contribution in [0, 0.1) is 0 Å². The van der Waals surface area contributed by atoms with E-state index >= 15 is 0 Å². The minimum absolute atomic E-state index is 0.0108. The third-order valence-electron chi connectivity index (χ3n) is 5.14. The number of benzene rings is 1. The molecule has 3 heterocycles. The average molecular weight is 470 g/mol. The molecule has 33 heavy (non-hydrogen) atoms. The Kier molecular flexibility index (Phi) is 7.88. The monoisotopic (exact) mass is 469 g/mol. The number of likely N-dealkylation sites (N-methyl/N-ethyl adjacent to an activating group) is 1. The number of nitrogens with one attached hydrogen (secondary N) is 2. The Hall–Kier alpha value is -3.44. The Morgan fingerprint density at radius 3 is 2.94 bits per heavy atom. The Labute approximate surface area is 196 Å². The molecule has 1 unspecified atom stereocenters. The Bertz CT molecular complexity index is 1040. The molecule has 0 saturated heterocycles. The molecule has 1 aliphatic heterocycles. The third-order valence-corrected chi connectivity index (χ3v) is 5.91. The molecular weight excluding hydrogens is 442 g/mol. The molecule has 0 saturated carbocycles. The number of carbonyl (C=O) groups excluding carboxylic acids is 1. The van der Waals surface area contributed by atoms with E-state index < -0.39 is 0 Å². The first-order valence-corrected chi connectivity index (χ1v) is 11.5. The summed E-state index contributed by atoms with van der Waals surface area (Å²) in [6, 6.07) is 10.3. The maximum absolute atomic E-state index is 12.1. The third kappa shape index (κ3) is 6.30. The average Bonchev–Trinajstić information content (AvgIpc) is 3.63. The van der Waals surface area contributed by atoms with Crippen LogP contribution in [0.25, 0.3) is 5.95 Å². The zero-order chi connectivity index (χ0) is 22.9. The minimum Gasteiger partial charge on any atom is -0.462 e. The highest BCUT2D eigenvalue weighted by Gasteiger charge is 2.21. The number of rotatable bonds is 12. The molecule has 1 amide bonds. The zero-order valence-electron chi connectivity index (χ0n) is 18.4. The molecule has 0 fully saturated rings. The predicted octanol–water partition coefficient (Wildman–Crippen LogP) is 1.71. The first-order chi connectivity index (χ1) is 16.2. The number of carbonyl (C=O) groups is 1. The maximum Gasteiger partial charge on any atom is 0.248 e. The van der Waals surface area contributed by atoms with Crippen LogP contribution in [0.15, 0.2) is 61.1 Å². The van der Waals surface area contributed by atoms with Gasteiger partial charge in [-0.1, -0.05) is 30.3 Å².